The normalized spacial score (nSPS) is 15.7. The zero-order valence-corrected chi connectivity index (χ0v) is 13.5. The number of amides is 2. The number of aryl methyl sites for hydroxylation is 1. The predicted molar refractivity (Wildman–Crippen MR) is 89.0 cm³/mol. The van der Waals surface area contributed by atoms with Crippen molar-refractivity contribution >= 4 is 11.8 Å². The van der Waals surface area contributed by atoms with Gasteiger partial charge in [0.15, 0.2) is 0 Å². The molecule has 1 aliphatic carbocycles. The van der Waals surface area contributed by atoms with Crippen molar-refractivity contribution in [1.82, 2.24) is 10.2 Å². The average molecular weight is 326 g/mol. The zero-order valence-electron chi connectivity index (χ0n) is 13.5. The van der Waals surface area contributed by atoms with E-state index in [4.69, 9.17) is 0 Å². The molecule has 1 unspecified atom stereocenters. The summed E-state index contributed by atoms with van der Waals surface area (Å²) >= 11 is 0. The summed E-state index contributed by atoms with van der Waals surface area (Å²) < 4.78 is 13.1. The molecule has 0 spiro atoms. The van der Waals surface area contributed by atoms with Crippen LogP contribution in [0.5, 0.6) is 0 Å². The smallest absolute Gasteiger partial charge is 0.251 e. The van der Waals surface area contributed by atoms with E-state index < -0.39 is 11.7 Å². The lowest BCUT2D eigenvalue weighted by molar-refractivity contribution is -0.131. The van der Waals surface area contributed by atoms with E-state index in [0.29, 0.717) is 0 Å². The van der Waals surface area contributed by atoms with Crippen LogP contribution in [0.3, 0.4) is 0 Å². The van der Waals surface area contributed by atoms with Gasteiger partial charge in [0.2, 0.25) is 5.91 Å². The molecule has 5 heteroatoms. The fraction of sp³-hybridized carbons (Fsp3) is 0.263. The fourth-order valence-electron chi connectivity index (χ4n) is 3.12. The minimum Gasteiger partial charge on any atom is -0.343 e. The molecule has 3 rings (SSSR count). The molecule has 2 aromatic rings. The molecule has 2 aromatic carbocycles. The Hall–Kier alpha value is -2.69. The first-order valence-electron chi connectivity index (χ1n) is 7.93. The lowest BCUT2D eigenvalue weighted by Crippen LogP contribution is -2.39. The van der Waals surface area contributed by atoms with Gasteiger partial charge < -0.3 is 10.2 Å². The van der Waals surface area contributed by atoms with Crippen molar-refractivity contribution in [3.05, 3.63) is 71.0 Å². The molecule has 1 atom stereocenters. The minimum atomic E-state index is -0.478. The van der Waals surface area contributed by atoms with Crippen LogP contribution < -0.4 is 5.32 Å². The molecule has 124 valence electrons. The third-order valence-corrected chi connectivity index (χ3v) is 4.45. The van der Waals surface area contributed by atoms with E-state index in [1.807, 2.05) is 18.2 Å². The Bertz CT molecular complexity index is 775. The van der Waals surface area contributed by atoms with Crippen molar-refractivity contribution in [1.29, 1.82) is 0 Å². The monoisotopic (exact) mass is 326 g/mol. The van der Waals surface area contributed by atoms with Crippen molar-refractivity contribution in [3.63, 3.8) is 0 Å². The standard InChI is InChI=1S/C19H19FN2O2/c1-22(17-10-9-13-5-2-3-8-16(13)17)18(23)12-21-19(24)14-6-4-7-15(20)11-14/h2-8,11,17H,9-10,12H2,1H3,(H,21,24). The Morgan fingerprint density at radius 3 is 2.79 bits per heavy atom. The van der Waals surface area contributed by atoms with Crippen LogP contribution in [0, 0.1) is 5.82 Å². The maximum absolute atomic E-state index is 13.1. The second kappa shape index (κ2) is 6.83. The molecule has 0 bridgehead atoms. The van der Waals surface area contributed by atoms with Crippen LogP contribution in [0.4, 0.5) is 4.39 Å². The van der Waals surface area contributed by atoms with Gasteiger partial charge in [-0.25, -0.2) is 4.39 Å². The van der Waals surface area contributed by atoms with Gasteiger partial charge >= 0.3 is 0 Å². The Balaban J connectivity index is 1.60. The first kappa shape index (κ1) is 16.2. The van der Waals surface area contributed by atoms with E-state index in [0.717, 1.165) is 18.9 Å². The van der Waals surface area contributed by atoms with Gasteiger partial charge in [0, 0.05) is 12.6 Å². The average Bonchev–Trinajstić information content (AvgIpc) is 3.02. The fourth-order valence-corrected chi connectivity index (χ4v) is 3.12. The molecule has 1 N–H and O–H groups in total. The van der Waals surface area contributed by atoms with E-state index >= 15 is 0 Å². The second-order valence-corrected chi connectivity index (χ2v) is 5.95. The third kappa shape index (κ3) is 3.30. The van der Waals surface area contributed by atoms with Crippen LogP contribution in [0.2, 0.25) is 0 Å². The van der Waals surface area contributed by atoms with Crippen molar-refractivity contribution in [2.75, 3.05) is 13.6 Å². The summed E-state index contributed by atoms with van der Waals surface area (Å²) in [6.07, 6.45) is 1.84. The highest BCUT2D eigenvalue weighted by molar-refractivity contribution is 5.96. The molecule has 1 aliphatic rings. The van der Waals surface area contributed by atoms with E-state index in [1.165, 1.54) is 29.3 Å². The third-order valence-electron chi connectivity index (χ3n) is 4.45. The summed E-state index contributed by atoms with van der Waals surface area (Å²) in [6, 6.07) is 13.5. The number of fused-ring (bicyclic) bond motifs is 1. The number of hydrogen-bond acceptors (Lipinski definition) is 2. The molecule has 0 saturated carbocycles. The maximum Gasteiger partial charge on any atom is 0.251 e. The lowest BCUT2D eigenvalue weighted by atomic mass is 10.1. The summed E-state index contributed by atoms with van der Waals surface area (Å²) in [7, 11) is 1.75. The Labute approximate surface area is 140 Å². The van der Waals surface area contributed by atoms with Gasteiger partial charge in [-0.15, -0.1) is 0 Å². The molecule has 4 nitrogen and oxygen atoms in total. The number of carbonyl (C=O) groups is 2. The highest BCUT2D eigenvalue weighted by Crippen LogP contribution is 2.34. The van der Waals surface area contributed by atoms with Crippen LogP contribution in [-0.2, 0) is 11.2 Å². The number of halogens is 1. The Morgan fingerprint density at radius 2 is 2.00 bits per heavy atom. The van der Waals surface area contributed by atoms with Gasteiger partial charge in [-0.3, -0.25) is 9.59 Å². The molecular formula is C19H19FN2O2. The Morgan fingerprint density at radius 1 is 1.21 bits per heavy atom. The largest absolute Gasteiger partial charge is 0.343 e. The summed E-state index contributed by atoms with van der Waals surface area (Å²) in [5.74, 6) is -1.10. The molecule has 2 amide bonds. The Kier molecular flexibility index (Phi) is 4.60. The summed E-state index contributed by atoms with van der Waals surface area (Å²) in [5.41, 5.74) is 2.65. The number of rotatable bonds is 4. The summed E-state index contributed by atoms with van der Waals surface area (Å²) in [5, 5.41) is 2.56. The van der Waals surface area contributed by atoms with E-state index in [2.05, 4.69) is 11.4 Å². The van der Waals surface area contributed by atoms with Crippen molar-refractivity contribution in [2.24, 2.45) is 0 Å². The predicted octanol–water partition coefficient (Wildman–Crippen LogP) is 2.70. The van der Waals surface area contributed by atoms with Crippen LogP contribution in [0.1, 0.15) is 33.9 Å². The van der Waals surface area contributed by atoms with Crippen LogP contribution in [0.25, 0.3) is 0 Å². The number of likely N-dealkylation sites (N-methyl/N-ethyl adjacent to an activating group) is 1. The molecule has 0 saturated heterocycles. The van der Waals surface area contributed by atoms with Crippen LogP contribution in [-0.4, -0.2) is 30.3 Å². The highest BCUT2D eigenvalue weighted by atomic mass is 19.1. The molecule has 0 aromatic heterocycles. The van der Waals surface area contributed by atoms with Gasteiger partial charge in [-0.1, -0.05) is 30.3 Å². The van der Waals surface area contributed by atoms with Gasteiger partial charge in [-0.2, -0.15) is 0 Å². The second-order valence-electron chi connectivity index (χ2n) is 5.95. The van der Waals surface area contributed by atoms with E-state index in [9.17, 15) is 14.0 Å². The lowest BCUT2D eigenvalue weighted by Gasteiger charge is -2.25. The summed E-state index contributed by atoms with van der Waals surface area (Å²) in [4.78, 5) is 26.1. The van der Waals surface area contributed by atoms with Crippen molar-refractivity contribution in [2.45, 2.75) is 18.9 Å². The first-order valence-corrected chi connectivity index (χ1v) is 7.93. The molecular weight excluding hydrogens is 307 g/mol. The molecule has 0 aliphatic heterocycles. The van der Waals surface area contributed by atoms with Gasteiger partial charge in [0.25, 0.3) is 5.91 Å². The van der Waals surface area contributed by atoms with Crippen LogP contribution >= 0.6 is 0 Å². The number of nitrogens with one attached hydrogen (secondary N) is 1. The van der Waals surface area contributed by atoms with E-state index in [-0.39, 0.29) is 24.1 Å². The maximum atomic E-state index is 13.1. The number of nitrogens with zero attached hydrogens (tertiary/aromatic N) is 1. The highest BCUT2D eigenvalue weighted by Gasteiger charge is 2.28. The van der Waals surface area contributed by atoms with E-state index in [1.54, 1.807) is 11.9 Å². The summed E-state index contributed by atoms with van der Waals surface area (Å²) in [6.45, 7) is -0.107. The van der Waals surface area contributed by atoms with Crippen molar-refractivity contribution < 1.29 is 14.0 Å². The topological polar surface area (TPSA) is 49.4 Å². The van der Waals surface area contributed by atoms with Gasteiger partial charge in [0.1, 0.15) is 5.82 Å². The zero-order chi connectivity index (χ0) is 17.1. The minimum absolute atomic E-state index is 0.0415. The quantitative estimate of drug-likeness (QED) is 0.939. The molecule has 0 fully saturated rings. The number of carbonyl (C=O) groups excluding carboxylic acids is 2. The number of benzene rings is 2. The molecule has 24 heavy (non-hydrogen) atoms. The van der Waals surface area contributed by atoms with Crippen molar-refractivity contribution in [3.8, 4) is 0 Å². The van der Waals surface area contributed by atoms with Gasteiger partial charge in [0.05, 0.1) is 12.6 Å². The SMILES string of the molecule is CN(C(=O)CNC(=O)c1cccc(F)c1)C1CCc2ccccc21. The number of hydrogen-bond donors (Lipinski definition) is 1. The van der Waals surface area contributed by atoms with Gasteiger partial charge in [-0.05, 0) is 42.2 Å². The molecule has 0 radical (unpaired) electrons. The molecule has 0 heterocycles. The van der Waals surface area contributed by atoms with Crippen LogP contribution in [0.15, 0.2) is 48.5 Å². The first-order chi connectivity index (χ1) is 11.6.